The molecule has 21 heavy (non-hydrogen) atoms. The van der Waals surface area contributed by atoms with E-state index in [0.717, 1.165) is 16.3 Å². The van der Waals surface area contributed by atoms with Crippen molar-refractivity contribution in [3.63, 3.8) is 0 Å². The van der Waals surface area contributed by atoms with Gasteiger partial charge in [0.15, 0.2) is 5.75 Å². The van der Waals surface area contributed by atoms with Crippen molar-refractivity contribution in [1.82, 2.24) is 0 Å². The molecule has 0 spiro atoms. The Morgan fingerprint density at radius 1 is 1.05 bits per heavy atom. The summed E-state index contributed by atoms with van der Waals surface area (Å²) in [4.78, 5) is 11.7. The first-order valence-electron chi connectivity index (χ1n) is 6.46. The van der Waals surface area contributed by atoms with Crippen molar-refractivity contribution in [2.24, 2.45) is 0 Å². The van der Waals surface area contributed by atoms with Crippen LogP contribution in [0.25, 0.3) is 21.9 Å². The summed E-state index contributed by atoms with van der Waals surface area (Å²) in [6, 6.07) is 18.0. The van der Waals surface area contributed by atoms with Gasteiger partial charge in [-0.05, 0) is 59.3 Å². The third-order valence-electron chi connectivity index (χ3n) is 3.47. The molecule has 0 amide bonds. The molecule has 0 aliphatic carbocycles. The molecular weight excluding hydrogens is 264 g/mol. The fourth-order valence-electron chi connectivity index (χ4n) is 2.41. The van der Waals surface area contributed by atoms with Crippen molar-refractivity contribution in [3.8, 4) is 22.6 Å². The largest absolute Gasteiger partial charge is 0.504 e. The molecule has 3 aromatic rings. The minimum atomic E-state index is -0.635. The normalized spacial score (nSPS) is 10.3. The Bertz CT molecular complexity index is 893. The Balaban J connectivity index is 2.42. The van der Waals surface area contributed by atoms with Gasteiger partial charge in [0, 0.05) is 5.39 Å². The highest BCUT2D eigenvalue weighted by molar-refractivity contribution is 5.96. The Kier molecular flexibility index (Phi) is 3.00. The van der Waals surface area contributed by atoms with Crippen LogP contribution in [-0.2, 0) is 0 Å². The lowest BCUT2D eigenvalue weighted by Gasteiger charge is -2.06. The van der Waals surface area contributed by atoms with Crippen LogP contribution in [0.1, 0.15) is 5.56 Å². The Hall–Kier alpha value is -2.99. The van der Waals surface area contributed by atoms with Crippen molar-refractivity contribution < 1.29 is 10.2 Å². The van der Waals surface area contributed by atoms with Gasteiger partial charge < -0.3 is 10.2 Å². The lowest BCUT2D eigenvalue weighted by Crippen LogP contribution is -1.94. The van der Waals surface area contributed by atoms with E-state index in [1.54, 1.807) is 13.0 Å². The number of rotatable bonds is 1. The van der Waals surface area contributed by atoms with E-state index >= 15 is 0 Å². The van der Waals surface area contributed by atoms with Crippen molar-refractivity contribution >= 4 is 10.8 Å². The standard InChI is InChI=1S/C18H12O3/c1-11-9-16(19)18(21)17(20)10-15(11)14-8-4-6-12-5-2-3-7-13(12)14/h3-4,6-10H,1H3,(H2,19,20,21). The van der Waals surface area contributed by atoms with Crippen LogP contribution >= 0.6 is 0 Å². The highest BCUT2D eigenvalue weighted by atomic mass is 16.3. The van der Waals surface area contributed by atoms with Gasteiger partial charge in [-0.1, -0.05) is 24.3 Å². The summed E-state index contributed by atoms with van der Waals surface area (Å²) in [6.45, 7) is 1.77. The molecule has 0 aromatic heterocycles. The van der Waals surface area contributed by atoms with Crippen molar-refractivity contribution in [2.75, 3.05) is 0 Å². The molecule has 102 valence electrons. The molecule has 2 N–H and O–H groups in total. The van der Waals surface area contributed by atoms with Crippen molar-refractivity contribution in [1.29, 1.82) is 0 Å². The molecule has 0 aliphatic rings. The number of aromatic hydroxyl groups is 2. The van der Waals surface area contributed by atoms with Crippen LogP contribution in [0.3, 0.4) is 0 Å². The molecule has 0 fully saturated rings. The maximum Gasteiger partial charge on any atom is 0.224 e. The van der Waals surface area contributed by atoms with Crippen LogP contribution < -0.4 is 5.43 Å². The minimum Gasteiger partial charge on any atom is -0.504 e. The minimum absolute atomic E-state index is 0.424. The molecule has 0 atom stereocenters. The summed E-state index contributed by atoms with van der Waals surface area (Å²) in [6.07, 6.45) is 0. The second-order valence-electron chi connectivity index (χ2n) is 4.85. The van der Waals surface area contributed by atoms with Gasteiger partial charge in [0.25, 0.3) is 0 Å². The zero-order valence-electron chi connectivity index (χ0n) is 11.3. The van der Waals surface area contributed by atoms with Crippen molar-refractivity contribution in [3.05, 3.63) is 70.4 Å². The predicted octanol–water partition coefficient (Wildman–Crippen LogP) is 3.19. The van der Waals surface area contributed by atoms with Crippen molar-refractivity contribution in [2.45, 2.75) is 6.92 Å². The van der Waals surface area contributed by atoms with Crippen LogP contribution in [-0.4, -0.2) is 10.2 Å². The highest BCUT2D eigenvalue weighted by Gasteiger charge is 2.10. The number of aryl methyl sites for hydroxylation is 1. The zero-order chi connectivity index (χ0) is 15.0. The molecule has 0 bridgehead atoms. The molecular formula is C18H12O3. The molecule has 0 saturated heterocycles. The van der Waals surface area contributed by atoms with Gasteiger partial charge in [-0.3, -0.25) is 4.79 Å². The third kappa shape index (κ3) is 2.17. The fourth-order valence-corrected chi connectivity index (χ4v) is 2.41. The van der Waals surface area contributed by atoms with Gasteiger partial charge in [0.05, 0.1) is 0 Å². The molecule has 3 rings (SSSR count). The second kappa shape index (κ2) is 4.84. The van der Waals surface area contributed by atoms with E-state index in [0.29, 0.717) is 11.1 Å². The lowest BCUT2D eigenvalue weighted by molar-refractivity contribution is 0.402. The van der Waals surface area contributed by atoms with Gasteiger partial charge in [-0.2, -0.15) is 0 Å². The zero-order valence-corrected chi connectivity index (χ0v) is 11.3. The first kappa shape index (κ1) is 13.0. The van der Waals surface area contributed by atoms with Crippen LogP contribution in [0, 0.1) is 19.1 Å². The van der Waals surface area contributed by atoms with E-state index in [1.807, 2.05) is 24.3 Å². The molecule has 3 nitrogen and oxygen atoms in total. The number of fused-ring (bicyclic) bond motifs is 1. The van der Waals surface area contributed by atoms with Gasteiger partial charge >= 0.3 is 0 Å². The average Bonchev–Trinajstić information content (AvgIpc) is 2.59. The SMILES string of the molecule is Cc1cc(=O)c(O)c(O)cc1-c1cccc2c#cccc12. The molecule has 0 saturated carbocycles. The van der Waals surface area contributed by atoms with Gasteiger partial charge in [-0.15, -0.1) is 0 Å². The number of hydrogen-bond donors (Lipinski definition) is 2. The van der Waals surface area contributed by atoms with E-state index in [9.17, 15) is 15.0 Å². The van der Waals surface area contributed by atoms with Crippen LogP contribution in [0.5, 0.6) is 11.5 Å². The monoisotopic (exact) mass is 276 g/mol. The Labute approximate surface area is 121 Å². The molecule has 0 heterocycles. The van der Waals surface area contributed by atoms with Crippen LogP contribution in [0.4, 0.5) is 0 Å². The Morgan fingerprint density at radius 2 is 1.86 bits per heavy atom. The summed E-state index contributed by atoms with van der Waals surface area (Å²) >= 11 is 0. The number of benzene rings is 1. The molecule has 3 aromatic carbocycles. The molecule has 0 unspecified atom stereocenters. The van der Waals surface area contributed by atoms with Gasteiger partial charge in [0.2, 0.25) is 11.2 Å². The van der Waals surface area contributed by atoms with E-state index in [4.69, 9.17) is 0 Å². The van der Waals surface area contributed by atoms with Gasteiger partial charge in [0.1, 0.15) is 0 Å². The lowest BCUT2D eigenvalue weighted by atomic mass is 9.97. The van der Waals surface area contributed by atoms with Gasteiger partial charge in [-0.25, -0.2) is 0 Å². The average molecular weight is 276 g/mol. The molecule has 0 radical (unpaired) electrons. The van der Waals surface area contributed by atoms with Crippen LogP contribution in [0.2, 0.25) is 0 Å². The molecule has 3 heteroatoms. The summed E-state index contributed by atoms with van der Waals surface area (Å²) in [5, 5.41) is 21.3. The molecule has 0 aliphatic heterocycles. The van der Waals surface area contributed by atoms with E-state index in [1.165, 1.54) is 12.1 Å². The summed E-state index contributed by atoms with van der Waals surface area (Å²) in [7, 11) is 0. The van der Waals surface area contributed by atoms with E-state index in [2.05, 4.69) is 12.1 Å². The summed E-state index contributed by atoms with van der Waals surface area (Å²) in [5.74, 6) is -1.06. The topological polar surface area (TPSA) is 57.5 Å². The number of hydrogen-bond acceptors (Lipinski definition) is 3. The second-order valence-corrected chi connectivity index (χ2v) is 4.85. The Morgan fingerprint density at radius 3 is 2.67 bits per heavy atom. The maximum absolute atomic E-state index is 11.7. The quantitative estimate of drug-likeness (QED) is 0.717. The highest BCUT2D eigenvalue weighted by Crippen LogP contribution is 2.32. The fraction of sp³-hybridized carbons (Fsp3) is 0.0556. The predicted molar refractivity (Wildman–Crippen MR) is 81.4 cm³/mol. The van der Waals surface area contributed by atoms with Crippen LogP contribution in [0.15, 0.2) is 47.3 Å². The first-order chi connectivity index (χ1) is 10.1. The van der Waals surface area contributed by atoms with E-state index < -0.39 is 16.9 Å². The summed E-state index contributed by atoms with van der Waals surface area (Å²) < 4.78 is 0. The van der Waals surface area contributed by atoms with E-state index in [-0.39, 0.29) is 0 Å². The smallest absolute Gasteiger partial charge is 0.224 e. The first-order valence-corrected chi connectivity index (χ1v) is 6.46. The third-order valence-corrected chi connectivity index (χ3v) is 3.47. The summed E-state index contributed by atoms with van der Waals surface area (Å²) in [5.41, 5.74) is 1.63. The maximum atomic E-state index is 11.7.